The average Bonchev–Trinajstić information content (AvgIpc) is 3.27. The molecule has 0 saturated carbocycles. The Balaban J connectivity index is 1.74. The second kappa shape index (κ2) is 6.59. The van der Waals surface area contributed by atoms with Crippen LogP contribution in [0, 0.1) is 0 Å². The van der Waals surface area contributed by atoms with Gasteiger partial charge in [-0.05, 0) is 12.1 Å². The molecule has 0 saturated heterocycles. The summed E-state index contributed by atoms with van der Waals surface area (Å²) in [4.78, 5) is 24.5. The van der Waals surface area contributed by atoms with Gasteiger partial charge >= 0.3 is 0 Å². The number of anilines is 1. The number of hydrogen-bond donors (Lipinski definition) is 3. The molecule has 3 heterocycles. The third kappa shape index (κ3) is 3.15. The molecule has 2 amide bonds. The van der Waals surface area contributed by atoms with Crippen LogP contribution in [0.1, 0.15) is 26.7 Å². The van der Waals surface area contributed by atoms with Gasteiger partial charge in [0.1, 0.15) is 17.1 Å². The summed E-state index contributed by atoms with van der Waals surface area (Å²) >= 11 is 5.85. The molecule has 0 radical (unpaired) electrons. The van der Waals surface area contributed by atoms with Gasteiger partial charge in [0.25, 0.3) is 11.8 Å². The Morgan fingerprint density at radius 1 is 1.38 bits per heavy atom. The van der Waals surface area contributed by atoms with E-state index in [1.54, 1.807) is 19.2 Å². The van der Waals surface area contributed by atoms with Crippen molar-refractivity contribution in [3.63, 3.8) is 0 Å². The smallest absolute Gasteiger partial charge is 0.275 e. The molecule has 3 aromatic heterocycles. The number of aromatic nitrogens is 4. The van der Waals surface area contributed by atoms with Crippen LogP contribution in [0.3, 0.4) is 0 Å². The summed E-state index contributed by atoms with van der Waals surface area (Å²) in [6.45, 7) is 0.219. The summed E-state index contributed by atoms with van der Waals surface area (Å²) in [7, 11) is 1.60. The maximum absolute atomic E-state index is 12.4. The van der Waals surface area contributed by atoms with Gasteiger partial charge in [0.2, 0.25) is 0 Å². The Hall–Kier alpha value is -3.07. The normalized spacial score (nSPS) is 10.6. The second-order valence-electron chi connectivity index (χ2n) is 4.84. The van der Waals surface area contributed by atoms with E-state index in [1.807, 2.05) is 0 Å². The van der Waals surface area contributed by atoms with Crippen LogP contribution in [-0.4, -0.2) is 31.8 Å². The SMILES string of the molecule is Cn1ncc(NC(=O)c2[nH]ncc2Cl)c1C(=O)NCc1ccco1. The molecule has 124 valence electrons. The summed E-state index contributed by atoms with van der Waals surface area (Å²) in [6.07, 6.45) is 4.21. The molecule has 10 heteroatoms. The van der Waals surface area contributed by atoms with Gasteiger partial charge in [-0.3, -0.25) is 19.4 Å². The fourth-order valence-corrected chi connectivity index (χ4v) is 2.25. The predicted molar refractivity (Wildman–Crippen MR) is 84.6 cm³/mol. The lowest BCUT2D eigenvalue weighted by Gasteiger charge is -2.08. The highest BCUT2D eigenvalue weighted by Gasteiger charge is 2.21. The van der Waals surface area contributed by atoms with Gasteiger partial charge < -0.3 is 15.1 Å². The van der Waals surface area contributed by atoms with E-state index in [0.29, 0.717) is 5.76 Å². The molecule has 0 aliphatic rings. The third-order valence-electron chi connectivity index (χ3n) is 3.23. The second-order valence-corrected chi connectivity index (χ2v) is 5.25. The highest BCUT2D eigenvalue weighted by molar-refractivity contribution is 6.34. The first kappa shape index (κ1) is 15.8. The van der Waals surface area contributed by atoms with Crippen molar-refractivity contribution in [3.05, 3.63) is 53.0 Å². The van der Waals surface area contributed by atoms with Crippen molar-refractivity contribution in [1.29, 1.82) is 0 Å². The molecule has 3 rings (SSSR count). The molecule has 0 spiro atoms. The van der Waals surface area contributed by atoms with Crippen molar-refractivity contribution >= 4 is 29.1 Å². The molecule has 0 atom stereocenters. The number of H-pyrrole nitrogens is 1. The maximum Gasteiger partial charge on any atom is 0.275 e. The molecule has 24 heavy (non-hydrogen) atoms. The molecular formula is C14H13ClN6O3. The number of rotatable bonds is 5. The molecule has 0 aromatic carbocycles. The van der Waals surface area contributed by atoms with E-state index in [1.165, 1.54) is 23.3 Å². The predicted octanol–water partition coefficient (Wildman–Crippen LogP) is 1.57. The highest BCUT2D eigenvalue weighted by atomic mass is 35.5. The zero-order valence-corrected chi connectivity index (χ0v) is 13.3. The number of aryl methyl sites for hydroxylation is 1. The fraction of sp³-hybridized carbons (Fsp3) is 0.143. The van der Waals surface area contributed by atoms with Crippen LogP contribution in [0.2, 0.25) is 5.02 Å². The highest BCUT2D eigenvalue weighted by Crippen LogP contribution is 2.18. The number of amides is 2. The van der Waals surface area contributed by atoms with Crippen LogP contribution in [-0.2, 0) is 13.6 Å². The van der Waals surface area contributed by atoms with Crippen molar-refractivity contribution < 1.29 is 14.0 Å². The maximum atomic E-state index is 12.4. The van der Waals surface area contributed by atoms with E-state index in [-0.39, 0.29) is 28.6 Å². The molecule has 0 bridgehead atoms. The van der Waals surface area contributed by atoms with Crippen LogP contribution < -0.4 is 10.6 Å². The van der Waals surface area contributed by atoms with Crippen LogP contribution in [0.5, 0.6) is 0 Å². The van der Waals surface area contributed by atoms with E-state index in [2.05, 4.69) is 25.9 Å². The van der Waals surface area contributed by atoms with E-state index in [4.69, 9.17) is 16.0 Å². The number of furan rings is 1. The topological polar surface area (TPSA) is 118 Å². The van der Waals surface area contributed by atoms with Crippen LogP contribution in [0.25, 0.3) is 0 Å². The van der Waals surface area contributed by atoms with Crippen LogP contribution >= 0.6 is 11.6 Å². The van der Waals surface area contributed by atoms with Crippen molar-refractivity contribution in [3.8, 4) is 0 Å². The Morgan fingerprint density at radius 3 is 2.88 bits per heavy atom. The lowest BCUT2D eigenvalue weighted by atomic mass is 10.3. The number of carbonyl (C=O) groups excluding carboxylic acids is 2. The van der Waals surface area contributed by atoms with E-state index >= 15 is 0 Å². The summed E-state index contributed by atoms with van der Waals surface area (Å²) in [5, 5.41) is 15.6. The van der Waals surface area contributed by atoms with Gasteiger partial charge in [-0.2, -0.15) is 10.2 Å². The van der Waals surface area contributed by atoms with Crippen molar-refractivity contribution in [2.24, 2.45) is 7.05 Å². The van der Waals surface area contributed by atoms with E-state index < -0.39 is 11.8 Å². The molecule has 9 nitrogen and oxygen atoms in total. The molecule has 0 aliphatic heterocycles. The van der Waals surface area contributed by atoms with Gasteiger partial charge in [0, 0.05) is 7.05 Å². The number of halogens is 1. The minimum absolute atomic E-state index is 0.0995. The Bertz CT molecular complexity index is 867. The first-order chi connectivity index (χ1) is 11.6. The summed E-state index contributed by atoms with van der Waals surface area (Å²) in [5.74, 6) is -0.316. The monoisotopic (exact) mass is 348 g/mol. The lowest BCUT2D eigenvalue weighted by molar-refractivity contribution is 0.0939. The standard InChI is InChI=1S/C14H13ClN6O3/c1-21-12(14(23)16-5-8-3-2-4-24-8)10(7-18-21)19-13(22)11-9(15)6-17-20-11/h2-4,6-7H,5H2,1H3,(H,16,23)(H,17,20)(H,19,22). The Morgan fingerprint density at radius 2 is 2.21 bits per heavy atom. The largest absolute Gasteiger partial charge is 0.467 e. The minimum atomic E-state index is -0.523. The van der Waals surface area contributed by atoms with Crippen molar-refractivity contribution in [2.75, 3.05) is 5.32 Å². The molecule has 0 unspecified atom stereocenters. The number of nitrogens with one attached hydrogen (secondary N) is 3. The van der Waals surface area contributed by atoms with E-state index in [9.17, 15) is 9.59 Å². The van der Waals surface area contributed by atoms with Gasteiger partial charge in [-0.1, -0.05) is 11.6 Å². The van der Waals surface area contributed by atoms with Crippen molar-refractivity contribution in [1.82, 2.24) is 25.3 Å². The number of carbonyl (C=O) groups is 2. The zero-order chi connectivity index (χ0) is 17.1. The van der Waals surface area contributed by atoms with Crippen LogP contribution in [0.15, 0.2) is 35.2 Å². The fourth-order valence-electron chi connectivity index (χ4n) is 2.08. The Labute approximate surface area is 141 Å². The van der Waals surface area contributed by atoms with Gasteiger partial charge in [-0.25, -0.2) is 0 Å². The molecular weight excluding hydrogens is 336 g/mol. The van der Waals surface area contributed by atoms with Gasteiger partial charge in [0.15, 0.2) is 0 Å². The first-order valence-electron chi connectivity index (χ1n) is 6.89. The summed E-state index contributed by atoms with van der Waals surface area (Å²) in [6, 6.07) is 3.47. The first-order valence-corrected chi connectivity index (χ1v) is 7.27. The quantitative estimate of drug-likeness (QED) is 0.647. The lowest BCUT2D eigenvalue weighted by Crippen LogP contribution is -2.26. The van der Waals surface area contributed by atoms with Crippen LogP contribution in [0.4, 0.5) is 5.69 Å². The Kier molecular flexibility index (Phi) is 4.34. The van der Waals surface area contributed by atoms with Crippen molar-refractivity contribution in [2.45, 2.75) is 6.54 Å². The van der Waals surface area contributed by atoms with Gasteiger partial charge in [-0.15, -0.1) is 0 Å². The summed E-state index contributed by atoms with van der Waals surface area (Å²) in [5.41, 5.74) is 0.554. The zero-order valence-electron chi connectivity index (χ0n) is 12.5. The molecule has 3 aromatic rings. The number of hydrogen-bond acceptors (Lipinski definition) is 5. The van der Waals surface area contributed by atoms with Gasteiger partial charge in [0.05, 0.1) is 35.9 Å². The number of aromatic amines is 1. The minimum Gasteiger partial charge on any atom is -0.467 e. The molecule has 0 aliphatic carbocycles. The third-order valence-corrected chi connectivity index (χ3v) is 3.51. The molecule has 3 N–H and O–H groups in total. The average molecular weight is 349 g/mol. The molecule has 0 fully saturated rings. The summed E-state index contributed by atoms with van der Waals surface area (Å²) < 4.78 is 6.52. The number of nitrogens with zero attached hydrogens (tertiary/aromatic N) is 3. The van der Waals surface area contributed by atoms with E-state index in [0.717, 1.165) is 0 Å².